The molecule has 0 spiro atoms. The third-order valence-electron chi connectivity index (χ3n) is 2.22. The Morgan fingerprint density at radius 2 is 2.07 bits per heavy atom. The zero-order valence-corrected chi connectivity index (χ0v) is 9.92. The van der Waals surface area contributed by atoms with Gasteiger partial charge in [-0.2, -0.15) is 0 Å². The van der Waals surface area contributed by atoms with Gasteiger partial charge in [0, 0.05) is 19.0 Å². The van der Waals surface area contributed by atoms with Crippen molar-refractivity contribution in [1.82, 2.24) is 5.32 Å². The van der Waals surface area contributed by atoms with Crippen LogP contribution in [-0.4, -0.2) is 18.5 Å². The van der Waals surface area contributed by atoms with Gasteiger partial charge in [-0.3, -0.25) is 4.79 Å². The van der Waals surface area contributed by atoms with Crippen LogP contribution in [0, 0.1) is 24.2 Å². The molecule has 2 unspecified atom stereocenters. The van der Waals surface area contributed by atoms with E-state index in [1.165, 1.54) is 0 Å². The molecule has 0 saturated heterocycles. The van der Waals surface area contributed by atoms with Crippen molar-refractivity contribution in [1.29, 1.82) is 0 Å². The molecule has 2 atom stereocenters. The molecule has 15 heavy (non-hydrogen) atoms. The second kappa shape index (κ2) is 7.30. The van der Waals surface area contributed by atoms with Crippen molar-refractivity contribution in [2.45, 2.75) is 39.7 Å². The van der Waals surface area contributed by atoms with Gasteiger partial charge in [-0.1, -0.05) is 13.8 Å². The minimum absolute atomic E-state index is 0.0222. The van der Waals surface area contributed by atoms with Gasteiger partial charge in [-0.25, -0.2) is 0 Å². The Kier molecular flexibility index (Phi) is 6.81. The first kappa shape index (κ1) is 14.0. The maximum Gasteiger partial charge on any atom is 0.224 e. The van der Waals surface area contributed by atoms with Crippen LogP contribution in [-0.2, 0) is 4.79 Å². The van der Waals surface area contributed by atoms with Crippen LogP contribution >= 0.6 is 0 Å². The van der Waals surface area contributed by atoms with E-state index >= 15 is 0 Å². The number of amides is 1. The molecule has 0 aromatic rings. The highest BCUT2D eigenvalue weighted by molar-refractivity contribution is 5.79. The quantitative estimate of drug-likeness (QED) is 0.646. The minimum atomic E-state index is -0.0924. The molecule has 0 radical (unpaired) electrons. The number of rotatable bonds is 6. The Morgan fingerprint density at radius 3 is 2.47 bits per heavy atom. The van der Waals surface area contributed by atoms with Crippen LogP contribution in [0.2, 0.25) is 0 Å². The summed E-state index contributed by atoms with van der Waals surface area (Å²) in [5.74, 6) is 2.93. The minimum Gasteiger partial charge on any atom is -0.352 e. The van der Waals surface area contributed by atoms with Gasteiger partial charge in [0.25, 0.3) is 0 Å². The Balaban J connectivity index is 4.10. The number of carbonyl (C=O) groups is 1. The molecule has 0 aliphatic carbocycles. The maximum atomic E-state index is 11.7. The number of hydrogen-bond donors (Lipinski definition) is 2. The topological polar surface area (TPSA) is 55.1 Å². The summed E-state index contributed by atoms with van der Waals surface area (Å²) < 4.78 is 0. The summed E-state index contributed by atoms with van der Waals surface area (Å²) in [4.78, 5) is 11.7. The SMILES string of the molecule is C#CCC(C)NC(=O)C(CN)CC(C)C. The molecule has 3 nitrogen and oxygen atoms in total. The van der Waals surface area contributed by atoms with Crippen LogP contribution in [0.15, 0.2) is 0 Å². The lowest BCUT2D eigenvalue weighted by atomic mass is 9.96. The van der Waals surface area contributed by atoms with Gasteiger partial charge in [-0.05, 0) is 19.3 Å². The average Bonchev–Trinajstić information content (AvgIpc) is 2.13. The predicted molar refractivity (Wildman–Crippen MR) is 63.1 cm³/mol. The highest BCUT2D eigenvalue weighted by atomic mass is 16.1. The third-order valence-corrected chi connectivity index (χ3v) is 2.22. The molecule has 0 aliphatic rings. The van der Waals surface area contributed by atoms with Crippen molar-refractivity contribution in [3.05, 3.63) is 0 Å². The number of nitrogens with two attached hydrogens (primary N) is 1. The lowest BCUT2D eigenvalue weighted by Gasteiger charge is -2.19. The van der Waals surface area contributed by atoms with Gasteiger partial charge >= 0.3 is 0 Å². The molecule has 0 aromatic heterocycles. The summed E-state index contributed by atoms with van der Waals surface area (Å²) in [7, 11) is 0. The third kappa shape index (κ3) is 6.14. The molecular formula is C12H22N2O. The number of hydrogen-bond acceptors (Lipinski definition) is 2. The molecule has 3 N–H and O–H groups in total. The average molecular weight is 210 g/mol. The maximum absolute atomic E-state index is 11.7. The van der Waals surface area contributed by atoms with Crippen LogP contribution in [0.4, 0.5) is 0 Å². The van der Waals surface area contributed by atoms with Crippen molar-refractivity contribution in [2.24, 2.45) is 17.6 Å². The van der Waals surface area contributed by atoms with E-state index in [-0.39, 0.29) is 17.9 Å². The molecule has 0 aliphatic heterocycles. The van der Waals surface area contributed by atoms with E-state index in [1.807, 2.05) is 6.92 Å². The number of terminal acetylenes is 1. The Morgan fingerprint density at radius 1 is 1.47 bits per heavy atom. The predicted octanol–water partition coefficient (Wildman–Crippen LogP) is 1.14. The van der Waals surface area contributed by atoms with Gasteiger partial charge < -0.3 is 11.1 Å². The lowest BCUT2D eigenvalue weighted by Crippen LogP contribution is -2.40. The Bertz CT molecular complexity index is 230. The first-order chi connectivity index (χ1) is 7.01. The van der Waals surface area contributed by atoms with Crippen molar-refractivity contribution in [3.8, 4) is 12.3 Å². The molecule has 0 fully saturated rings. The fourth-order valence-corrected chi connectivity index (χ4v) is 1.47. The normalized spacial score (nSPS) is 14.4. The fraction of sp³-hybridized carbons (Fsp3) is 0.750. The van der Waals surface area contributed by atoms with Gasteiger partial charge in [0.05, 0.1) is 5.92 Å². The van der Waals surface area contributed by atoms with Crippen molar-refractivity contribution >= 4 is 5.91 Å². The first-order valence-corrected chi connectivity index (χ1v) is 5.45. The summed E-state index contributed by atoms with van der Waals surface area (Å²) in [6.07, 6.45) is 6.55. The summed E-state index contributed by atoms with van der Waals surface area (Å²) in [6, 6.07) is 0.0312. The summed E-state index contributed by atoms with van der Waals surface area (Å²) in [6.45, 7) is 6.47. The summed E-state index contributed by atoms with van der Waals surface area (Å²) in [5.41, 5.74) is 5.57. The highest BCUT2D eigenvalue weighted by Crippen LogP contribution is 2.10. The van der Waals surface area contributed by atoms with Crippen molar-refractivity contribution in [3.63, 3.8) is 0 Å². The second-order valence-electron chi connectivity index (χ2n) is 4.38. The van der Waals surface area contributed by atoms with Crippen molar-refractivity contribution in [2.75, 3.05) is 6.54 Å². The molecule has 0 heterocycles. The second-order valence-corrected chi connectivity index (χ2v) is 4.38. The number of carbonyl (C=O) groups excluding carboxylic acids is 1. The van der Waals surface area contributed by atoms with E-state index in [9.17, 15) is 4.79 Å². The van der Waals surface area contributed by atoms with Crippen LogP contribution in [0.1, 0.15) is 33.6 Å². The van der Waals surface area contributed by atoms with Crippen LogP contribution < -0.4 is 11.1 Å². The van der Waals surface area contributed by atoms with Gasteiger partial charge in [-0.15, -0.1) is 12.3 Å². The zero-order chi connectivity index (χ0) is 11.8. The van der Waals surface area contributed by atoms with E-state index in [4.69, 9.17) is 12.2 Å². The van der Waals surface area contributed by atoms with Gasteiger partial charge in [0.2, 0.25) is 5.91 Å². The van der Waals surface area contributed by atoms with Crippen LogP contribution in [0.5, 0.6) is 0 Å². The van der Waals surface area contributed by atoms with Crippen LogP contribution in [0.3, 0.4) is 0 Å². The highest BCUT2D eigenvalue weighted by Gasteiger charge is 2.19. The van der Waals surface area contributed by atoms with Gasteiger partial charge in [0.1, 0.15) is 0 Å². The lowest BCUT2D eigenvalue weighted by molar-refractivity contribution is -0.125. The molecule has 3 heteroatoms. The van der Waals surface area contributed by atoms with Crippen LogP contribution in [0.25, 0.3) is 0 Å². The zero-order valence-electron chi connectivity index (χ0n) is 9.92. The van der Waals surface area contributed by atoms with E-state index < -0.39 is 0 Å². The summed E-state index contributed by atoms with van der Waals surface area (Å²) in [5, 5.41) is 2.88. The molecule has 0 rings (SSSR count). The first-order valence-electron chi connectivity index (χ1n) is 5.45. The number of nitrogens with one attached hydrogen (secondary N) is 1. The molecule has 0 aromatic carbocycles. The van der Waals surface area contributed by atoms with E-state index in [2.05, 4.69) is 25.1 Å². The molecular weight excluding hydrogens is 188 g/mol. The molecule has 0 bridgehead atoms. The summed E-state index contributed by atoms with van der Waals surface area (Å²) >= 11 is 0. The van der Waals surface area contributed by atoms with Crippen molar-refractivity contribution < 1.29 is 4.79 Å². The monoisotopic (exact) mass is 210 g/mol. The molecule has 0 saturated carbocycles. The van der Waals surface area contributed by atoms with Gasteiger partial charge in [0.15, 0.2) is 0 Å². The Hall–Kier alpha value is -1.01. The smallest absolute Gasteiger partial charge is 0.224 e. The fourth-order valence-electron chi connectivity index (χ4n) is 1.47. The van der Waals surface area contributed by atoms with E-state index in [0.29, 0.717) is 18.9 Å². The largest absolute Gasteiger partial charge is 0.352 e. The van der Waals surface area contributed by atoms with E-state index in [1.54, 1.807) is 0 Å². The van der Waals surface area contributed by atoms with E-state index in [0.717, 1.165) is 6.42 Å². The molecule has 86 valence electrons. The Labute approximate surface area is 92.8 Å². The molecule has 1 amide bonds. The standard InChI is InChI=1S/C12H22N2O/c1-5-6-10(4)14-12(15)11(8-13)7-9(2)3/h1,9-11H,6-8,13H2,2-4H3,(H,14,15).